The highest BCUT2D eigenvalue weighted by atomic mass is 79.9. The highest BCUT2D eigenvalue weighted by Gasteiger charge is 2.14. The first-order chi connectivity index (χ1) is 7.83. The van der Waals surface area contributed by atoms with Crippen molar-refractivity contribution in [3.8, 4) is 17.2 Å². The van der Waals surface area contributed by atoms with E-state index in [1.807, 2.05) is 18.2 Å². The van der Waals surface area contributed by atoms with E-state index >= 15 is 0 Å². The first kappa shape index (κ1) is 11.6. The second kappa shape index (κ2) is 5.43. The second-order valence-electron chi connectivity index (χ2n) is 3.75. The fourth-order valence-corrected chi connectivity index (χ4v) is 2.10. The molecular formula is C12H15BrO3. The van der Waals surface area contributed by atoms with Gasteiger partial charge in [-0.2, -0.15) is 0 Å². The summed E-state index contributed by atoms with van der Waals surface area (Å²) in [4.78, 5) is 0. The second-order valence-corrected chi connectivity index (χ2v) is 4.40. The first-order valence-corrected chi connectivity index (χ1v) is 6.54. The largest absolute Gasteiger partial charge is 0.493 e. The van der Waals surface area contributed by atoms with Crippen molar-refractivity contribution in [1.82, 2.24) is 0 Å². The Morgan fingerprint density at radius 1 is 1.38 bits per heavy atom. The van der Waals surface area contributed by atoms with Gasteiger partial charge < -0.3 is 14.2 Å². The predicted molar refractivity (Wildman–Crippen MR) is 65.6 cm³/mol. The van der Waals surface area contributed by atoms with Gasteiger partial charge in [-0.15, -0.1) is 0 Å². The van der Waals surface area contributed by atoms with Gasteiger partial charge in [0.05, 0.1) is 6.61 Å². The molecule has 1 atom stereocenters. The average Bonchev–Trinajstić information content (AvgIpc) is 2.77. The maximum atomic E-state index is 5.71. The smallest absolute Gasteiger partial charge is 0.231 e. The molecule has 0 radical (unpaired) electrons. The number of hydrogen-bond acceptors (Lipinski definition) is 3. The molecule has 1 heterocycles. The molecule has 1 aliphatic rings. The van der Waals surface area contributed by atoms with E-state index in [1.54, 1.807) is 0 Å². The van der Waals surface area contributed by atoms with Crippen molar-refractivity contribution in [2.75, 3.05) is 18.7 Å². The van der Waals surface area contributed by atoms with Crippen molar-refractivity contribution >= 4 is 15.9 Å². The zero-order valence-electron chi connectivity index (χ0n) is 9.24. The quantitative estimate of drug-likeness (QED) is 0.778. The molecule has 0 bridgehead atoms. The van der Waals surface area contributed by atoms with Crippen LogP contribution >= 0.6 is 15.9 Å². The maximum Gasteiger partial charge on any atom is 0.231 e. The number of benzene rings is 1. The molecule has 1 aromatic carbocycles. The lowest BCUT2D eigenvalue weighted by molar-refractivity contribution is 0.173. The molecule has 0 amide bonds. The Hall–Kier alpha value is -0.900. The van der Waals surface area contributed by atoms with Crippen molar-refractivity contribution in [1.29, 1.82) is 0 Å². The van der Waals surface area contributed by atoms with Crippen molar-refractivity contribution in [2.24, 2.45) is 5.92 Å². The molecule has 1 aromatic rings. The Morgan fingerprint density at radius 2 is 2.19 bits per heavy atom. The maximum absolute atomic E-state index is 5.71. The highest BCUT2D eigenvalue weighted by Crippen LogP contribution is 2.35. The lowest BCUT2D eigenvalue weighted by Crippen LogP contribution is -2.12. The van der Waals surface area contributed by atoms with E-state index in [-0.39, 0.29) is 0 Å². The molecule has 0 aliphatic carbocycles. The molecule has 1 aliphatic heterocycles. The molecule has 3 nitrogen and oxygen atoms in total. The molecule has 16 heavy (non-hydrogen) atoms. The zero-order chi connectivity index (χ0) is 11.4. The topological polar surface area (TPSA) is 27.7 Å². The van der Waals surface area contributed by atoms with E-state index in [0.29, 0.717) is 12.7 Å². The summed E-state index contributed by atoms with van der Waals surface area (Å²) in [5, 5.41) is 0.966. The van der Waals surface area contributed by atoms with Crippen molar-refractivity contribution < 1.29 is 14.2 Å². The molecule has 88 valence electrons. The monoisotopic (exact) mass is 286 g/mol. The van der Waals surface area contributed by atoms with Crippen LogP contribution in [0.2, 0.25) is 0 Å². The summed E-state index contributed by atoms with van der Waals surface area (Å²) in [6, 6.07) is 5.67. The lowest BCUT2D eigenvalue weighted by atomic mass is 10.1. The molecule has 0 fully saturated rings. The van der Waals surface area contributed by atoms with E-state index in [9.17, 15) is 0 Å². The number of hydrogen-bond donors (Lipinski definition) is 0. The Bertz CT molecular complexity index is 350. The standard InChI is InChI=1S/C12H15BrO3/c1-2-9(6-13)7-14-10-3-4-11-12(5-10)16-8-15-11/h3-5,9H,2,6-8H2,1H3. The summed E-state index contributed by atoms with van der Waals surface area (Å²) in [5.74, 6) is 2.94. The van der Waals surface area contributed by atoms with Gasteiger partial charge in [0.1, 0.15) is 5.75 Å². The highest BCUT2D eigenvalue weighted by molar-refractivity contribution is 9.09. The molecule has 0 aromatic heterocycles. The van der Waals surface area contributed by atoms with E-state index in [4.69, 9.17) is 14.2 Å². The summed E-state index contributed by atoms with van der Waals surface area (Å²) < 4.78 is 16.2. The summed E-state index contributed by atoms with van der Waals surface area (Å²) in [7, 11) is 0. The van der Waals surface area contributed by atoms with E-state index in [0.717, 1.165) is 35.6 Å². The Balaban J connectivity index is 1.95. The number of halogens is 1. The average molecular weight is 287 g/mol. The van der Waals surface area contributed by atoms with Gasteiger partial charge in [-0.05, 0) is 18.6 Å². The van der Waals surface area contributed by atoms with Gasteiger partial charge in [-0.1, -0.05) is 22.9 Å². The minimum absolute atomic E-state index is 0.303. The third kappa shape index (κ3) is 2.61. The molecule has 0 saturated heterocycles. The van der Waals surface area contributed by atoms with Crippen LogP contribution < -0.4 is 14.2 Å². The van der Waals surface area contributed by atoms with Gasteiger partial charge in [-0.25, -0.2) is 0 Å². The minimum Gasteiger partial charge on any atom is -0.493 e. The summed E-state index contributed by atoms with van der Waals surface area (Å²) in [5.41, 5.74) is 0. The van der Waals surface area contributed by atoms with Gasteiger partial charge >= 0.3 is 0 Å². The van der Waals surface area contributed by atoms with Gasteiger partial charge in [-0.3, -0.25) is 0 Å². The minimum atomic E-state index is 0.303. The molecule has 4 heteroatoms. The molecule has 0 N–H and O–H groups in total. The van der Waals surface area contributed by atoms with Crippen LogP contribution in [0.15, 0.2) is 18.2 Å². The van der Waals surface area contributed by atoms with Gasteiger partial charge in [0.25, 0.3) is 0 Å². The van der Waals surface area contributed by atoms with Crippen LogP contribution in [0.3, 0.4) is 0 Å². The fourth-order valence-electron chi connectivity index (χ4n) is 1.45. The van der Waals surface area contributed by atoms with Crippen LogP contribution in [-0.4, -0.2) is 18.7 Å². The third-order valence-electron chi connectivity index (χ3n) is 2.63. The predicted octanol–water partition coefficient (Wildman–Crippen LogP) is 3.22. The molecular weight excluding hydrogens is 272 g/mol. The van der Waals surface area contributed by atoms with Gasteiger partial charge in [0, 0.05) is 17.3 Å². The lowest BCUT2D eigenvalue weighted by Gasteiger charge is -2.13. The van der Waals surface area contributed by atoms with Gasteiger partial charge in [0.2, 0.25) is 6.79 Å². The molecule has 0 saturated carbocycles. The van der Waals surface area contributed by atoms with Crippen molar-refractivity contribution in [3.05, 3.63) is 18.2 Å². The molecule has 0 spiro atoms. The van der Waals surface area contributed by atoms with Crippen molar-refractivity contribution in [3.63, 3.8) is 0 Å². The number of ether oxygens (including phenoxy) is 3. The van der Waals surface area contributed by atoms with Crippen LogP contribution in [0.25, 0.3) is 0 Å². The zero-order valence-corrected chi connectivity index (χ0v) is 10.8. The van der Waals surface area contributed by atoms with E-state index < -0.39 is 0 Å². The first-order valence-electron chi connectivity index (χ1n) is 5.42. The third-order valence-corrected chi connectivity index (χ3v) is 3.54. The van der Waals surface area contributed by atoms with Gasteiger partial charge in [0.15, 0.2) is 11.5 Å². The Morgan fingerprint density at radius 3 is 2.94 bits per heavy atom. The van der Waals surface area contributed by atoms with Crippen LogP contribution in [0.1, 0.15) is 13.3 Å². The normalized spacial score (nSPS) is 14.9. The Labute approximate surface area is 104 Å². The Kier molecular flexibility index (Phi) is 3.93. The van der Waals surface area contributed by atoms with Crippen LogP contribution in [0, 0.1) is 5.92 Å². The van der Waals surface area contributed by atoms with E-state index in [1.165, 1.54) is 0 Å². The summed E-state index contributed by atoms with van der Waals surface area (Å²) >= 11 is 3.47. The van der Waals surface area contributed by atoms with Crippen LogP contribution in [-0.2, 0) is 0 Å². The molecule has 1 unspecified atom stereocenters. The van der Waals surface area contributed by atoms with Crippen LogP contribution in [0.4, 0.5) is 0 Å². The van der Waals surface area contributed by atoms with E-state index in [2.05, 4.69) is 22.9 Å². The summed E-state index contributed by atoms with van der Waals surface area (Å²) in [6.45, 7) is 3.19. The number of fused-ring (bicyclic) bond motifs is 1. The fraction of sp³-hybridized carbons (Fsp3) is 0.500. The summed E-state index contributed by atoms with van der Waals surface area (Å²) in [6.07, 6.45) is 1.11. The molecule has 2 rings (SSSR count). The SMILES string of the molecule is CCC(CBr)COc1ccc2c(c1)OCO2. The number of alkyl halides is 1. The number of rotatable bonds is 5. The van der Waals surface area contributed by atoms with Crippen LogP contribution in [0.5, 0.6) is 17.2 Å². The van der Waals surface area contributed by atoms with Crippen molar-refractivity contribution in [2.45, 2.75) is 13.3 Å².